The number of aryl methyl sites for hydroxylation is 1. The molecule has 2 aromatic heterocycles. The minimum atomic E-state index is -4.46. The van der Waals surface area contributed by atoms with Crippen LogP contribution in [0.25, 0.3) is 6.08 Å². The topological polar surface area (TPSA) is 46.3 Å². The molecule has 0 fully saturated rings. The van der Waals surface area contributed by atoms with E-state index in [1.54, 1.807) is 19.1 Å². The predicted octanol–water partition coefficient (Wildman–Crippen LogP) is 3.74. The number of aromatic nitrogens is 1. The van der Waals surface area contributed by atoms with Crippen molar-refractivity contribution in [1.29, 1.82) is 0 Å². The van der Waals surface area contributed by atoms with Crippen LogP contribution in [0.1, 0.15) is 22.2 Å². The first-order valence-electron chi connectivity index (χ1n) is 6.27. The lowest BCUT2D eigenvalue weighted by Gasteiger charge is -2.12. The Hall–Kier alpha value is -2.09. The Morgan fingerprint density at radius 2 is 2.18 bits per heavy atom. The van der Waals surface area contributed by atoms with E-state index >= 15 is 0 Å². The summed E-state index contributed by atoms with van der Waals surface area (Å²) in [5, 5.41) is 1.17. The minimum absolute atomic E-state index is 0.0150. The van der Waals surface area contributed by atoms with Gasteiger partial charge in [0.05, 0.1) is 6.54 Å². The zero-order chi connectivity index (χ0) is 16.3. The standard InChI is InChI=1S/C14H13F3N2O2S/c1-9-3-4-10(21-9)5-6-13(20)19(2)7-12-18-11(8-22-12)14(15,16)17/h3-6,8H,7H2,1-2H3. The number of furan rings is 1. The number of likely N-dealkylation sites (N-methyl/N-ethyl adjacent to an activating group) is 1. The monoisotopic (exact) mass is 330 g/mol. The zero-order valence-corrected chi connectivity index (χ0v) is 12.7. The molecule has 0 saturated heterocycles. The molecule has 0 aliphatic heterocycles. The third-order valence-electron chi connectivity index (χ3n) is 2.74. The highest BCUT2D eigenvalue weighted by Gasteiger charge is 2.33. The molecule has 0 atom stereocenters. The molecule has 0 N–H and O–H groups in total. The van der Waals surface area contributed by atoms with Crippen molar-refractivity contribution in [3.8, 4) is 0 Å². The lowest BCUT2D eigenvalue weighted by molar-refractivity contribution is -0.140. The van der Waals surface area contributed by atoms with Gasteiger partial charge in [0.15, 0.2) is 5.69 Å². The van der Waals surface area contributed by atoms with Crippen molar-refractivity contribution in [1.82, 2.24) is 9.88 Å². The summed E-state index contributed by atoms with van der Waals surface area (Å²) < 4.78 is 42.6. The van der Waals surface area contributed by atoms with Crippen molar-refractivity contribution in [3.63, 3.8) is 0 Å². The van der Waals surface area contributed by atoms with Crippen molar-refractivity contribution < 1.29 is 22.4 Å². The second-order valence-corrected chi connectivity index (χ2v) is 5.54. The summed E-state index contributed by atoms with van der Waals surface area (Å²) in [5.74, 6) is 0.911. The number of alkyl halides is 3. The Balaban J connectivity index is 1.96. The van der Waals surface area contributed by atoms with Crippen LogP contribution in [0.4, 0.5) is 13.2 Å². The molecule has 0 aromatic carbocycles. The fraction of sp³-hybridized carbons (Fsp3) is 0.286. The summed E-state index contributed by atoms with van der Waals surface area (Å²) in [6.45, 7) is 1.80. The molecule has 0 unspecified atom stereocenters. The Morgan fingerprint density at radius 1 is 1.45 bits per heavy atom. The Bertz CT molecular complexity index is 688. The van der Waals surface area contributed by atoms with Crippen molar-refractivity contribution >= 4 is 23.3 Å². The summed E-state index contributed by atoms with van der Waals surface area (Å²) in [6.07, 6.45) is -1.65. The Kier molecular flexibility index (Phi) is 4.70. The molecule has 0 aliphatic carbocycles. The van der Waals surface area contributed by atoms with Crippen LogP contribution in [0.3, 0.4) is 0 Å². The van der Waals surface area contributed by atoms with E-state index in [0.29, 0.717) is 5.76 Å². The van der Waals surface area contributed by atoms with Gasteiger partial charge in [-0.25, -0.2) is 4.98 Å². The molecule has 0 radical (unpaired) electrons. The second kappa shape index (κ2) is 6.35. The van der Waals surface area contributed by atoms with Gasteiger partial charge in [0.1, 0.15) is 16.5 Å². The first-order chi connectivity index (χ1) is 10.3. The highest BCUT2D eigenvalue weighted by molar-refractivity contribution is 7.09. The molecular formula is C14H13F3N2O2S. The molecule has 8 heteroatoms. The number of rotatable bonds is 4. The van der Waals surface area contributed by atoms with E-state index in [1.807, 2.05) is 0 Å². The number of carbonyl (C=O) groups excluding carboxylic acids is 1. The fourth-order valence-corrected chi connectivity index (χ4v) is 2.47. The van der Waals surface area contributed by atoms with E-state index in [1.165, 1.54) is 24.1 Å². The molecule has 2 aromatic rings. The van der Waals surface area contributed by atoms with Crippen LogP contribution in [0.2, 0.25) is 0 Å². The molecule has 0 aliphatic rings. The normalized spacial score (nSPS) is 12.0. The van der Waals surface area contributed by atoms with Crippen LogP contribution in [0, 0.1) is 6.92 Å². The van der Waals surface area contributed by atoms with E-state index < -0.39 is 11.9 Å². The van der Waals surface area contributed by atoms with E-state index in [9.17, 15) is 18.0 Å². The van der Waals surface area contributed by atoms with Crippen LogP contribution in [0.15, 0.2) is 28.0 Å². The van der Waals surface area contributed by atoms with Crippen LogP contribution in [0.5, 0.6) is 0 Å². The first-order valence-corrected chi connectivity index (χ1v) is 7.15. The number of hydrogen-bond acceptors (Lipinski definition) is 4. The van der Waals surface area contributed by atoms with Gasteiger partial charge in [-0.3, -0.25) is 4.79 Å². The summed E-state index contributed by atoms with van der Waals surface area (Å²) >= 11 is 0.872. The third-order valence-corrected chi connectivity index (χ3v) is 3.58. The van der Waals surface area contributed by atoms with Gasteiger partial charge in [0, 0.05) is 18.5 Å². The second-order valence-electron chi connectivity index (χ2n) is 4.60. The lowest BCUT2D eigenvalue weighted by atomic mass is 10.3. The van der Waals surface area contributed by atoms with Crippen molar-refractivity contribution in [2.24, 2.45) is 0 Å². The van der Waals surface area contributed by atoms with Gasteiger partial charge in [0.2, 0.25) is 5.91 Å². The molecule has 0 bridgehead atoms. The molecule has 22 heavy (non-hydrogen) atoms. The van der Waals surface area contributed by atoms with E-state index in [0.717, 1.165) is 22.5 Å². The number of amides is 1. The molecular weight excluding hydrogens is 317 g/mol. The molecule has 2 heterocycles. The Labute approximate surface area is 128 Å². The first kappa shape index (κ1) is 16.3. The van der Waals surface area contributed by atoms with Gasteiger partial charge < -0.3 is 9.32 Å². The van der Waals surface area contributed by atoms with E-state index in [4.69, 9.17) is 4.42 Å². The molecule has 2 rings (SSSR count). The van der Waals surface area contributed by atoms with E-state index in [-0.39, 0.29) is 17.5 Å². The quantitative estimate of drug-likeness (QED) is 0.803. The number of halogens is 3. The SMILES string of the molecule is Cc1ccc(C=CC(=O)N(C)Cc2nc(C(F)(F)F)cs2)o1. The molecule has 1 amide bonds. The summed E-state index contributed by atoms with van der Waals surface area (Å²) in [7, 11) is 1.49. The van der Waals surface area contributed by atoms with Crippen LogP contribution < -0.4 is 0 Å². The van der Waals surface area contributed by atoms with Gasteiger partial charge in [-0.15, -0.1) is 11.3 Å². The highest BCUT2D eigenvalue weighted by Crippen LogP contribution is 2.30. The van der Waals surface area contributed by atoms with Crippen molar-refractivity contribution in [3.05, 3.63) is 45.8 Å². The number of hydrogen-bond donors (Lipinski definition) is 0. The number of carbonyl (C=O) groups is 1. The molecule has 0 spiro atoms. The largest absolute Gasteiger partial charge is 0.462 e. The summed E-state index contributed by atoms with van der Waals surface area (Å²) in [6, 6.07) is 3.48. The van der Waals surface area contributed by atoms with Crippen molar-refractivity contribution in [2.75, 3.05) is 7.05 Å². The predicted molar refractivity (Wildman–Crippen MR) is 76.1 cm³/mol. The summed E-state index contributed by atoms with van der Waals surface area (Å²) in [5.41, 5.74) is -0.935. The molecule has 118 valence electrons. The smallest absolute Gasteiger partial charge is 0.434 e. The lowest BCUT2D eigenvalue weighted by Crippen LogP contribution is -2.24. The van der Waals surface area contributed by atoms with Gasteiger partial charge in [-0.2, -0.15) is 13.2 Å². The van der Waals surface area contributed by atoms with Crippen LogP contribution >= 0.6 is 11.3 Å². The van der Waals surface area contributed by atoms with Gasteiger partial charge in [0.25, 0.3) is 0 Å². The van der Waals surface area contributed by atoms with Crippen LogP contribution in [-0.4, -0.2) is 22.8 Å². The van der Waals surface area contributed by atoms with Crippen molar-refractivity contribution in [2.45, 2.75) is 19.6 Å². The maximum Gasteiger partial charge on any atom is 0.434 e. The van der Waals surface area contributed by atoms with Gasteiger partial charge in [-0.1, -0.05) is 0 Å². The average Bonchev–Trinajstić information content (AvgIpc) is 3.04. The minimum Gasteiger partial charge on any atom is -0.462 e. The fourth-order valence-electron chi connectivity index (χ4n) is 1.62. The van der Waals surface area contributed by atoms with E-state index in [2.05, 4.69) is 4.98 Å². The maximum atomic E-state index is 12.4. The number of thiazole rings is 1. The summed E-state index contributed by atoms with van der Waals surface area (Å²) in [4.78, 5) is 16.6. The Morgan fingerprint density at radius 3 is 2.73 bits per heavy atom. The molecule has 4 nitrogen and oxygen atoms in total. The number of nitrogens with zero attached hydrogens (tertiary/aromatic N) is 2. The van der Waals surface area contributed by atoms with Crippen LogP contribution in [-0.2, 0) is 17.5 Å². The van der Waals surface area contributed by atoms with Gasteiger partial charge in [-0.05, 0) is 25.1 Å². The average molecular weight is 330 g/mol. The highest BCUT2D eigenvalue weighted by atomic mass is 32.1. The maximum absolute atomic E-state index is 12.4. The third kappa shape index (κ3) is 4.20. The van der Waals surface area contributed by atoms with Gasteiger partial charge >= 0.3 is 6.18 Å². The zero-order valence-electron chi connectivity index (χ0n) is 11.8. The molecule has 0 saturated carbocycles.